The van der Waals surface area contributed by atoms with Crippen LogP contribution in [-0.2, 0) is 4.79 Å². The number of aromatic nitrogens is 3. The summed E-state index contributed by atoms with van der Waals surface area (Å²) in [5, 5.41) is 12.0. The molecule has 2 atom stereocenters. The molecule has 2 aromatic heterocycles. The molecule has 2 unspecified atom stereocenters. The molecular weight excluding hydrogens is 244 g/mol. The lowest BCUT2D eigenvalue weighted by Gasteiger charge is -2.04. The first-order valence-corrected chi connectivity index (χ1v) is 6.44. The highest BCUT2D eigenvalue weighted by Crippen LogP contribution is 2.37. The zero-order chi connectivity index (χ0) is 13.4. The van der Waals surface area contributed by atoms with Crippen LogP contribution >= 0.6 is 0 Å². The largest absolute Gasteiger partial charge is 0.481 e. The Bertz CT molecular complexity index is 622. The standard InChI is InChI=1S/C13H16N4O2/c1-14-10-5-4-9-12(16-10)17-11(15-9)7-2-3-8(6-7)13(18)19/h4-5,7-8H,2-3,6H2,1H3,(H,18,19)(H2,14,15,16,17). The zero-order valence-electron chi connectivity index (χ0n) is 10.7. The SMILES string of the molecule is CNc1ccc2[nH]c(C3CCC(C(=O)O)C3)nc2n1. The minimum absolute atomic E-state index is 0.202. The highest BCUT2D eigenvalue weighted by molar-refractivity contribution is 5.73. The van der Waals surface area contributed by atoms with Gasteiger partial charge in [0.2, 0.25) is 0 Å². The van der Waals surface area contributed by atoms with E-state index >= 15 is 0 Å². The number of carboxylic acids is 1. The second kappa shape index (κ2) is 4.53. The van der Waals surface area contributed by atoms with Gasteiger partial charge in [-0.05, 0) is 31.4 Å². The van der Waals surface area contributed by atoms with Crippen molar-refractivity contribution in [1.29, 1.82) is 0 Å². The van der Waals surface area contributed by atoms with E-state index in [4.69, 9.17) is 5.11 Å². The summed E-state index contributed by atoms with van der Waals surface area (Å²) in [6.07, 6.45) is 2.26. The fourth-order valence-corrected chi connectivity index (χ4v) is 2.70. The van der Waals surface area contributed by atoms with E-state index in [1.54, 1.807) is 0 Å². The van der Waals surface area contributed by atoms with Crippen molar-refractivity contribution in [2.75, 3.05) is 12.4 Å². The summed E-state index contributed by atoms with van der Waals surface area (Å²) < 4.78 is 0. The van der Waals surface area contributed by atoms with Crippen LogP contribution in [0, 0.1) is 5.92 Å². The van der Waals surface area contributed by atoms with Crippen molar-refractivity contribution in [3.8, 4) is 0 Å². The number of imidazole rings is 1. The van der Waals surface area contributed by atoms with Crippen LogP contribution in [0.4, 0.5) is 5.82 Å². The first-order valence-electron chi connectivity index (χ1n) is 6.44. The van der Waals surface area contributed by atoms with Crippen LogP contribution in [0.5, 0.6) is 0 Å². The van der Waals surface area contributed by atoms with Crippen molar-refractivity contribution in [3.05, 3.63) is 18.0 Å². The Kier molecular flexibility index (Phi) is 2.85. The molecule has 1 saturated carbocycles. The van der Waals surface area contributed by atoms with Gasteiger partial charge >= 0.3 is 5.97 Å². The van der Waals surface area contributed by atoms with Crippen molar-refractivity contribution in [3.63, 3.8) is 0 Å². The van der Waals surface area contributed by atoms with Crippen LogP contribution in [0.2, 0.25) is 0 Å². The lowest BCUT2D eigenvalue weighted by Crippen LogP contribution is -2.09. The molecule has 0 saturated heterocycles. The summed E-state index contributed by atoms with van der Waals surface area (Å²) in [4.78, 5) is 23.1. The molecule has 3 N–H and O–H groups in total. The predicted molar refractivity (Wildman–Crippen MR) is 71.2 cm³/mol. The molecular formula is C13H16N4O2. The number of aromatic amines is 1. The van der Waals surface area contributed by atoms with Crippen LogP contribution < -0.4 is 5.32 Å². The maximum Gasteiger partial charge on any atom is 0.306 e. The number of anilines is 1. The fourth-order valence-electron chi connectivity index (χ4n) is 2.70. The number of fused-ring (bicyclic) bond motifs is 1. The molecule has 2 aromatic rings. The van der Waals surface area contributed by atoms with Gasteiger partial charge in [0.25, 0.3) is 0 Å². The van der Waals surface area contributed by atoms with Crippen molar-refractivity contribution in [2.45, 2.75) is 25.2 Å². The number of nitrogens with one attached hydrogen (secondary N) is 2. The molecule has 19 heavy (non-hydrogen) atoms. The van der Waals surface area contributed by atoms with Gasteiger partial charge in [0.1, 0.15) is 11.6 Å². The topological polar surface area (TPSA) is 90.9 Å². The van der Waals surface area contributed by atoms with Gasteiger partial charge in [0.15, 0.2) is 5.65 Å². The molecule has 100 valence electrons. The van der Waals surface area contributed by atoms with Crippen molar-refractivity contribution < 1.29 is 9.90 Å². The van der Waals surface area contributed by atoms with E-state index in [0.717, 1.165) is 30.0 Å². The monoisotopic (exact) mass is 260 g/mol. The summed E-state index contributed by atoms with van der Waals surface area (Å²) in [5.74, 6) is 0.904. The average Bonchev–Trinajstić information content (AvgIpc) is 3.04. The number of hydrogen-bond donors (Lipinski definition) is 3. The van der Waals surface area contributed by atoms with E-state index in [1.807, 2.05) is 19.2 Å². The van der Waals surface area contributed by atoms with E-state index in [2.05, 4.69) is 20.3 Å². The molecule has 0 bridgehead atoms. The second-order valence-corrected chi connectivity index (χ2v) is 4.98. The van der Waals surface area contributed by atoms with Crippen LogP contribution in [0.3, 0.4) is 0 Å². The number of H-pyrrole nitrogens is 1. The number of carbonyl (C=O) groups is 1. The fraction of sp³-hybridized carbons (Fsp3) is 0.462. The summed E-state index contributed by atoms with van der Waals surface area (Å²) in [6, 6.07) is 3.83. The van der Waals surface area contributed by atoms with Gasteiger partial charge in [0, 0.05) is 13.0 Å². The zero-order valence-corrected chi connectivity index (χ0v) is 10.7. The Morgan fingerprint density at radius 3 is 2.95 bits per heavy atom. The quantitative estimate of drug-likeness (QED) is 0.784. The van der Waals surface area contributed by atoms with E-state index in [9.17, 15) is 4.79 Å². The predicted octanol–water partition coefficient (Wildman–Crippen LogP) is 1.97. The Balaban J connectivity index is 1.88. The number of carboxylic acid groups (broad SMARTS) is 1. The van der Waals surface area contributed by atoms with Crippen molar-refractivity contribution in [1.82, 2.24) is 15.0 Å². The van der Waals surface area contributed by atoms with Gasteiger partial charge < -0.3 is 15.4 Å². The molecule has 0 aliphatic heterocycles. The maximum atomic E-state index is 11.0. The Labute approximate surface area is 110 Å². The molecule has 1 fully saturated rings. The van der Waals surface area contributed by atoms with Gasteiger partial charge in [-0.25, -0.2) is 9.97 Å². The number of rotatable bonds is 3. The summed E-state index contributed by atoms with van der Waals surface area (Å²) >= 11 is 0. The third-order valence-electron chi connectivity index (χ3n) is 3.79. The van der Waals surface area contributed by atoms with Gasteiger partial charge in [-0.3, -0.25) is 4.79 Å². The van der Waals surface area contributed by atoms with E-state index in [1.165, 1.54) is 0 Å². The summed E-state index contributed by atoms with van der Waals surface area (Å²) in [7, 11) is 1.82. The highest BCUT2D eigenvalue weighted by Gasteiger charge is 2.32. The van der Waals surface area contributed by atoms with E-state index < -0.39 is 5.97 Å². The van der Waals surface area contributed by atoms with Crippen LogP contribution in [0.1, 0.15) is 31.0 Å². The third-order valence-corrected chi connectivity index (χ3v) is 3.79. The summed E-state index contributed by atoms with van der Waals surface area (Å²) in [5.41, 5.74) is 1.58. The average molecular weight is 260 g/mol. The number of nitrogens with zero attached hydrogens (tertiary/aromatic N) is 2. The minimum Gasteiger partial charge on any atom is -0.481 e. The van der Waals surface area contributed by atoms with Crippen LogP contribution in [-0.4, -0.2) is 33.1 Å². The third kappa shape index (κ3) is 2.14. The molecule has 6 heteroatoms. The molecule has 1 aliphatic carbocycles. The molecule has 0 amide bonds. The molecule has 0 spiro atoms. The van der Waals surface area contributed by atoms with Gasteiger partial charge in [-0.1, -0.05) is 0 Å². The Morgan fingerprint density at radius 2 is 2.26 bits per heavy atom. The molecule has 1 aliphatic rings. The highest BCUT2D eigenvalue weighted by atomic mass is 16.4. The molecule has 2 heterocycles. The van der Waals surface area contributed by atoms with Gasteiger partial charge in [-0.15, -0.1) is 0 Å². The number of hydrogen-bond acceptors (Lipinski definition) is 4. The normalized spacial score (nSPS) is 22.8. The number of aliphatic carboxylic acids is 1. The molecule has 3 rings (SSSR count). The van der Waals surface area contributed by atoms with Crippen molar-refractivity contribution >= 4 is 23.0 Å². The van der Waals surface area contributed by atoms with Crippen LogP contribution in [0.15, 0.2) is 12.1 Å². The number of pyridine rings is 1. The first kappa shape index (κ1) is 12.0. The van der Waals surface area contributed by atoms with E-state index in [-0.39, 0.29) is 11.8 Å². The van der Waals surface area contributed by atoms with Crippen LogP contribution in [0.25, 0.3) is 11.2 Å². The Morgan fingerprint density at radius 1 is 1.42 bits per heavy atom. The lowest BCUT2D eigenvalue weighted by molar-refractivity contribution is -0.141. The van der Waals surface area contributed by atoms with Gasteiger partial charge in [0.05, 0.1) is 11.4 Å². The molecule has 0 radical (unpaired) electrons. The lowest BCUT2D eigenvalue weighted by atomic mass is 10.0. The molecule has 0 aromatic carbocycles. The van der Waals surface area contributed by atoms with Crippen molar-refractivity contribution in [2.24, 2.45) is 5.92 Å². The molecule has 6 nitrogen and oxygen atoms in total. The maximum absolute atomic E-state index is 11.0. The van der Waals surface area contributed by atoms with E-state index in [0.29, 0.717) is 12.1 Å². The smallest absolute Gasteiger partial charge is 0.306 e. The Hall–Kier alpha value is -2.11. The first-order chi connectivity index (χ1) is 9.17. The summed E-state index contributed by atoms with van der Waals surface area (Å²) in [6.45, 7) is 0. The minimum atomic E-state index is -0.700. The van der Waals surface area contributed by atoms with Gasteiger partial charge in [-0.2, -0.15) is 0 Å². The second-order valence-electron chi connectivity index (χ2n) is 4.98.